The van der Waals surface area contributed by atoms with Gasteiger partial charge in [-0.25, -0.2) is 13.2 Å². The number of carbonyl (C=O) groups is 1. The molecule has 0 bridgehead atoms. The van der Waals surface area contributed by atoms with E-state index in [4.69, 9.17) is 16.4 Å². The normalized spacial score (nSPS) is 12.1. The molecule has 0 saturated carbocycles. The average Bonchev–Trinajstić information content (AvgIpc) is 3.07. The summed E-state index contributed by atoms with van der Waals surface area (Å²) in [7, 11) is -3.51. The maximum Gasteiger partial charge on any atom is 0.437 e. The third kappa shape index (κ3) is 5.13. The van der Waals surface area contributed by atoms with Gasteiger partial charge < -0.3 is 4.84 Å². The Morgan fingerprint density at radius 2 is 1.62 bits per heavy atom. The molecule has 0 saturated heterocycles. The predicted octanol–water partition coefficient (Wildman–Crippen LogP) is 5.05. The first-order valence-corrected chi connectivity index (χ1v) is 11.7. The minimum absolute atomic E-state index is 0.000793. The summed E-state index contributed by atoms with van der Waals surface area (Å²) in [6.07, 6.45) is -3.61. The molecule has 0 radical (unpaired) electrons. The van der Waals surface area contributed by atoms with Gasteiger partial charge in [0.25, 0.3) is 0 Å². The zero-order valence-electron chi connectivity index (χ0n) is 17.0. The van der Waals surface area contributed by atoms with Gasteiger partial charge in [0.15, 0.2) is 15.5 Å². The van der Waals surface area contributed by atoms with Gasteiger partial charge in [0.1, 0.15) is 5.69 Å². The van der Waals surface area contributed by atoms with E-state index in [1.165, 1.54) is 48.5 Å². The summed E-state index contributed by atoms with van der Waals surface area (Å²) in [5.41, 5.74) is -1.39. The van der Waals surface area contributed by atoms with Gasteiger partial charge in [0, 0.05) is 28.8 Å². The summed E-state index contributed by atoms with van der Waals surface area (Å²) in [5, 5.41) is 4.25. The molecule has 0 aliphatic heterocycles. The lowest BCUT2D eigenvalue weighted by molar-refractivity contribution is -0.162. The minimum Gasteiger partial charge on any atom is -0.319 e. The summed E-state index contributed by atoms with van der Waals surface area (Å²) in [4.78, 5) is 17.0. The molecular formula is C21H18ClF3N2O4S. The highest BCUT2D eigenvalue weighted by Crippen LogP contribution is 2.42. The van der Waals surface area contributed by atoms with Crippen LogP contribution >= 0.6 is 11.6 Å². The van der Waals surface area contributed by atoms with Crippen molar-refractivity contribution in [1.29, 1.82) is 0 Å². The number of rotatable bonds is 6. The van der Waals surface area contributed by atoms with Crippen molar-refractivity contribution in [2.24, 2.45) is 0 Å². The van der Waals surface area contributed by atoms with E-state index in [9.17, 15) is 26.4 Å². The van der Waals surface area contributed by atoms with E-state index in [1.54, 1.807) is 6.92 Å². The fourth-order valence-electron chi connectivity index (χ4n) is 3.01. The van der Waals surface area contributed by atoms with Gasteiger partial charge in [-0.2, -0.15) is 13.2 Å². The first-order valence-electron chi connectivity index (χ1n) is 9.39. The maximum absolute atomic E-state index is 14.1. The van der Waals surface area contributed by atoms with Gasteiger partial charge in [-0.1, -0.05) is 47.6 Å². The molecule has 0 unspecified atom stereocenters. The van der Waals surface area contributed by atoms with Gasteiger partial charge in [-0.15, -0.1) is 5.10 Å². The fraction of sp³-hybridized carbons (Fsp3) is 0.238. The van der Waals surface area contributed by atoms with Crippen LogP contribution in [0.5, 0.6) is 0 Å². The monoisotopic (exact) mass is 486 g/mol. The van der Waals surface area contributed by atoms with Gasteiger partial charge in [-0.05, 0) is 36.2 Å². The quantitative estimate of drug-likeness (QED) is 0.487. The Morgan fingerprint density at radius 3 is 2.12 bits per heavy atom. The number of nitrogens with zero attached hydrogens (tertiary/aromatic N) is 2. The van der Waals surface area contributed by atoms with E-state index < -0.39 is 27.7 Å². The second kappa shape index (κ2) is 8.95. The highest BCUT2D eigenvalue weighted by atomic mass is 35.5. The van der Waals surface area contributed by atoms with Crippen molar-refractivity contribution < 1.29 is 31.2 Å². The Balaban J connectivity index is 2.28. The molecule has 1 heterocycles. The van der Waals surface area contributed by atoms with Crippen molar-refractivity contribution in [3.05, 3.63) is 59.2 Å². The molecule has 1 aromatic heterocycles. The van der Waals surface area contributed by atoms with Crippen molar-refractivity contribution in [1.82, 2.24) is 9.94 Å². The molecule has 3 aromatic rings. The van der Waals surface area contributed by atoms with Gasteiger partial charge in [0.2, 0.25) is 0 Å². The van der Waals surface area contributed by atoms with Crippen LogP contribution in [0.2, 0.25) is 5.02 Å². The van der Waals surface area contributed by atoms with Crippen LogP contribution in [0.25, 0.3) is 22.4 Å². The predicted molar refractivity (Wildman–Crippen MR) is 113 cm³/mol. The highest BCUT2D eigenvalue weighted by Gasteiger charge is 2.42. The number of carbonyl (C=O) groups excluding carboxylic acids is 1. The van der Waals surface area contributed by atoms with E-state index in [0.29, 0.717) is 11.4 Å². The van der Waals surface area contributed by atoms with E-state index in [0.717, 1.165) is 6.26 Å². The molecule has 0 amide bonds. The molecule has 11 heteroatoms. The lowest BCUT2D eigenvalue weighted by atomic mass is 9.98. The Bertz CT molecular complexity index is 1240. The van der Waals surface area contributed by atoms with Crippen molar-refractivity contribution in [2.75, 3.05) is 6.26 Å². The zero-order chi connectivity index (χ0) is 23.7. The van der Waals surface area contributed by atoms with E-state index in [1.807, 2.05) is 0 Å². The van der Waals surface area contributed by atoms with Gasteiger partial charge in [-0.3, -0.25) is 0 Å². The Kier molecular flexibility index (Phi) is 6.66. The van der Waals surface area contributed by atoms with Crippen LogP contribution in [0.4, 0.5) is 13.2 Å². The number of aromatic nitrogens is 2. The van der Waals surface area contributed by atoms with Gasteiger partial charge in [0.05, 0.1) is 4.90 Å². The van der Waals surface area contributed by atoms with Gasteiger partial charge >= 0.3 is 12.1 Å². The van der Waals surface area contributed by atoms with Crippen molar-refractivity contribution in [3.8, 4) is 22.4 Å². The molecule has 0 N–H and O–H groups in total. The molecule has 2 aromatic carbocycles. The lowest BCUT2D eigenvalue weighted by Gasteiger charge is -2.12. The molecule has 0 fully saturated rings. The molecule has 3 rings (SSSR count). The number of halogens is 4. The Morgan fingerprint density at radius 1 is 1.06 bits per heavy atom. The smallest absolute Gasteiger partial charge is 0.319 e. The van der Waals surface area contributed by atoms with E-state index >= 15 is 0 Å². The highest BCUT2D eigenvalue weighted by molar-refractivity contribution is 7.90. The third-order valence-electron chi connectivity index (χ3n) is 4.46. The second-order valence-electron chi connectivity index (χ2n) is 6.96. The summed E-state index contributed by atoms with van der Waals surface area (Å²) < 4.78 is 65.8. The summed E-state index contributed by atoms with van der Waals surface area (Å²) in [6.45, 7) is 1.68. The van der Waals surface area contributed by atoms with Crippen LogP contribution in [-0.2, 0) is 20.8 Å². The summed E-state index contributed by atoms with van der Waals surface area (Å²) in [5.74, 6) is -0.873. The van der Waals surface area contributed by atoms with Crippen LogP contribution in [0.3, 0.4) is 0 Å². The Hall–Kier alpha value is -2.85. The Labute approximate surface area is 187 Å². The number of benzene rings is 2. The first-order chi connectivity index (χ1) is 14.9. The number of sulfone groups is 1. The van der Waals surface area contributed by atoms with Crippen LogP contribution in [0, 0.1) is 0 Å². The van der Waals surface area contributed by atoms with Crippen LogP contribution < -0.4 is 4.84 Å². The SMILES string of the molecule is CCCC(=O)On1nc(-c2ccc(S(C)(=O)=O)cc2)c(-c2ccc(Cl)cc2)c1C(F)(F)F. The molecule has 170 valence electrons. The number of hydrogen-bond acceptors (Lipinski definition) is 5. The maximum atomic E-state index is 14.1. The van der Waals surface area contributed by atoms with E-state index in [-0.39, 0.29) is 38.5 Å². The topological polar surface area (TPSA) is 78.3 Å². The third-order valence-corrected chi connectivity index (χ3v) is 5.84. The lowest BCUT2D eigenvalue weighted by Crippen LogP contribution is -2.26. The average molecular weight is 487 g/mol. The molecular weight excluding hydrogens is 469 g/mol. The molecule has 32 heavy (non-hydrogen) atoms. The van der Waals surface area contributed by atoms with Crippen LogP contribution in [0.15, 0.2) is 53.4 Å². The second-order valence-corrected chi connectivity index (χ2v) is 9.41. The standard InChI is InChI=1S/C21H18ClF3N2O4S/c1-3-4-17(28)31-27-20(21(23,24)25)18(13-5-9-15(22)10-6-13)19(26-27)14-7-11-16(12-8-14)32(2,29)30/h5-12H,3-4H2,1-2H3. The minimum atomic E-state index is -4.92. The zero-order valence-corrected chi connectivity index (χ0v) is 18.6. The molecule has 0 aliphatic carbocycles. The first kappa shape index (κ1) is 23.8. The molecule has 6 nitrogen and oxygen atoms in total. The molecule has 0 aliphatic rings. The van der Waals surface area contributed by atoms with E-state index in [2.05, 4.69) is 5.10 Å². The van der Waals surface area contributed by atoms with Crippen molar-refractivity contribution in [2.45, 2.75) is 30.8 Å². The number of alkyl halides is 3. The van der Waals surface area contributed by atoms with Crippen LogP contribution in [0.1, 0.15) is 25.5 Å². The summed E-state index contributed by atoms with van der Waals surface area (Å²) >= 11 is 5.89. The molecule has 0 spiro atoms. The van der Waals surface area contributed by atoms with Crippen LogP contribution in [-0.4, -0.2) is 30.6 Å². The largest absolute Gasteiger partial charge is 0.437 e. The fourth-order valence-corrected chi connectivity index (χ4v) is 3.77. The van der Waals surface area contributed by atoms with Crippen molar-refractivity contribution in [3.63, 3.8) is 0 Å². The molecule has 0 atom stereocenters. The van der Waals surface area contributed by atoms with Crippen molar-refractivity contribution >= 4 is 27.4 Å². The summed E-state index contributed by atoms with van der Waals surface area (Å²) in [6, 6.07) is 10.9. The number of hydrogen-bond donors (Lipinski definition) is 0.